The topological polar surface area (TPSA) is 65.1 Å². The third-order valence-electron chi connectivity index (χ3n) is 5.27. The van der Waals surface area contributed by atoms with Gasteiger partial charge in [0, 0.05) is 63.1 Å². The monoisotopic (exact) mass is 363 g/mol. The molecule has 3 heterocycles. The van der Waals surface area contributed by atoms with Crippen LogP contribution in [0.25, 0.3) is 10.9 Å². The zero-order chi connectivity index (χ0) is 18.6. The van der Waals surface area contributed by atoms with Crippen molar-refractivity contribution in [1.82, 2.24) is 25.0 Å². The Balaban J connectivity index is 1.52. The lowest BCUT2D eigenvalue weighted by molar-refractivity contribution is -0.129. The van der Waals surface area contributed by atoms with E-state index in [0.29, 0.717) is 5.92 Å². The molecule has 0 spiro atoms. The summed E-state index contributed by atoms with van der Waals surface area (Å²) in [4.78, 5) is 20.8. The van der Waals surface area contributed by atoms with Gasteiger partial charge in [0.25, 0.3) is 0 Å². The number of aromatic amines is 1. The molecule has 6 nitrogen and oxygen atoms in total. The number of fused-ring (bicyclic) bond motifs is 1. The molecule has 1 fully saturated rings. The molecule has 3 aromatic rings. The molecule has 1 N–H and O–H groups in total. The normalized spacial score (nSPS) is 18.6. The molecule has 1 aliphatic heterocycles. The summed E-state index contributed by atoms with van der Waals surface area (Å²) in [7, 11) is 0. The summed E-state index contributed by atoms with van der Waals surface area (Å²) in [6.45, 7) is 5.94. The number of nitrogens with zero attached hydrogens (tertiary/aromatic N) is 4. The summed E-state index contributed by atoms with van der Waals surface area (Å²) in [5.41, 5.74) is 3.43. The minimum Gasteiger partial charge on any atom is -0.341 e. The quantitative estimate of drug-likeness (QED) is 0.773. The van der Waals surface area contributed by atoms with Crippen molar-refractivity contribution in [3.05, 3.63) is 60.0 Å². The van der Waals surface area contributed by atoms with Gasteiger partial charge in [-0.1, -0.05) is 12.1 Å². The number of amides is 1. The van der Waals surface area contributed by atoms with Gasteiger partial charge in [0.1, 0.15) is 0 Å². The van der Waals surface area contributed by atoms with Crippen LogP contribution in [0.3, 0.4) is 0 Å². The molecule has 0 saturated carbocycles. The number of nitrogens with one attached hydrogen (secondary N) is 1. The molecule has 0 bridgehead atoms. The van der Waals surface area contributed by atoms with Crippen LogP contribution in [0.4, 0.5) is 0 Å². The highest BCUT2D eigenvalue weighted by atomic mass is 16.2. The number of aromatic nitrogens is 3. The van der Waals surface area contributed by atoms with Crippen LogP contribution in [-0.4, -0.2) is 57.1 Å². The maximum atomic E-state index is 12.0. The Labute approximate surface area is 159 Å². The van der Waals surface area contributed by atoms with E-state index in [1.54, 1.807) is 13.1 Å². The molecular weight excluding hydrogens is 338 g/mol. The smallest absolute Gasteiger partial charge is 0.219 e. The molecule has 27 heavy (non-hydrogen) atoms. The Hall–Kier alpha value is -2.73. The molecular formula is C21H25N5O. The highest BCUT2D eigenvalue weighted by molar-refractivity contribution is 5.78. The van der Waals surface area contributed by atoms with Crippen molar-refractivity contribution < 1.29 is 4.79 Å². The number of carbonyl (C=O) groups excluding carboxylic acids is 1. The number of rotatable bonds is 4. The van der Waals surface area contributed by atoms with E-state index in [4.69, 9.17) is 0 Å². The zero-order valence-corrected chi connectivity index (χ0v) is 15.6. The molecule has 4 rings (SSSR count). The first-order valence-corrected chi connectivity index (χ1v) is 9.47. The van der Waals surface area contributed by atoms with Crippen LogP contribution >= 0.6 is 0 Å². The van der Waals surface area contributed by atoms with Crippen LogP contribution in [0.5, 0.6) is 0 Å². The van der Waals surface area contributed by atoms with Crippen LogP contribution in [-0.2, 0) is 17.8 Å². The van der Waals surface area contributed by atoms with Gasteiger partial charge < -0.3 is 4.90 Å². The van der Waals surface area contributed by atoms with E-state index in [-0.39, 0.29) is 5.91 Å². The van der Waals surface area contributed by atoms with Gasteiger partial charge in [-0.2, -0.15) is 5.10 Å². The fourth-order valence-electron chi connectivity index (χ4n) is 3.94. The molecule has 1 atom stereocenters. The van der Waals surface area contributed by atoms with Crippen molar-refractivity contribution in [3.63, 3.8) is 0 Å². The van der Waals surface area contributed by atoms with Crippen LogP contribution < -0.4 is 0 Å². The zero-order valence-electron chi connectivity index (χ0n) is 15.6. The second kappa shape index (κ2) is 7.88. The minimum absolute atomic E-state index is 0.158. The third-order valence-corrected chi connectivity index (χ3v) is 5.27. The van der Waals surface area contributed by atoms with E-state index >= 15 is 0 Å². The minimum atomic E-state index is 0.158. The fraction of sp³-hybridized carbons (Fsp3) is 0.381. The maximum Gasteiger partial charge on any atom is 0.219 e. The molecule has 0 radical (unpaired) electrons. The summed E-state index contributed by atoms with van der Waals surface area (Å²) >= 11 is 0. The summed E-state index contributed by atoms with van der Waals surface area (Å²) in [6, 6.07) is 12.6. The summed E-state index contributed by atoms with van der Waals surface area (Å²) in [5.74, 6) is 0.555. The molecule has 1 amide bonds. The van der Waals surface area contributed by atoms with Gasteiger partial charge in [0.05, 0.1) is 5.52 Å². The van der Waals surface area contributed by atoms with Gasteiger partial charge in [-0.25, -0.2) is 0 Å². The maximum absolute atomic E-state index is 12.0. The van der Waals surface area contributed by atoms with E-state index in [2.05, 4.69) is 44.3 Å². The Bertz CT molecular complexity index is 908. The standard InChI is InChI=1S/C21H25N5O/c1-16(27)26-10-9-25(15-20-6-8-23-24-20)13-18(14-26)11-17-4-5-21-19(12-17)3-2-7-22-21/h2-8,12,18H,9-11,13-15H2,1H3,(H,23,24)/t18-/m0/s1. The Kier molecular flexibility index (Phi) is 5.16. The largest absolute Gasteiger partial charge is 0.341 e. The van der Waals surface area contributed by atoms with Crippen LogP contribution in [0.2, 0.25) is 0 Å². The van der Waals surface area contributed by atoms with Crippen LogP contribution in [0.15, 0.2) is 48.8 Å². The number of benzene rings is 1. The van der Waals surface area contributed by atoms with Crippen molar-refractivity contribution in [1.29, 1.82) is 0 Å². The van der Waals surface area contributed by atoms with E-state index in [9.17, 15) is 4.79 Å². The molecule has 0 unspecified atom stereocenters. The van der Waals surface area contributed by atoms with Crippen molar-refractivity contribution in [2.24, 2.45) is 5.92 Å². The van der Waals surface area contributed by atoms with E-state index < -0.39 is 0 Å². The molecule has 1 aliphatic rings. The van der Waals surface area contributed by atoms with Gasteiger partial charge in [-0.15, -0.1) is 0 Å². The first-order chi connectivity index (χ1) is 13.2. The molecule has 2 aromatic heterocycles. The van der Waals surface area contributed by atoms with Gasteiger partial charge in [0.2, 0.25) is 5.91 Å². The number of hydrogen-bond acceptors (Lipinski definition) is 4. The summed E-state index contributed by atoms with van der Waals surface area (Å²) in [5, 5.41) is 8.26. The van der Waals surface area contributed by atoms with Crippen molar-refractivity contribution >= 4 is 16.8 Å². The van der Waals surface area contributed by atoms with Crippen molar-refractivity contribution in [2.45, 2.75) is 19.9 Å². The number of H-pyrrole nitrogens is 1. The second-order valence-corrected chi connectivity index (χ2v) is 7.38. The number of hydrogen-bond donors (Lipinski definition) is 1. The molecule has 140 valence electrons. The predicted molar refractivity (Wildman–Crippen MR) is 105 cm³/mol. The number of carbonyl (C=O) groups is 1. The first kappa shape index (κ1) is 17.7. The fourth-order valence-corrected chi connectivity index (χ4v) is 3.94. The molecule has 0 aliphatic carbocycles. The highest BCUT2D eigenvalue weighted by Gasteiger charge is 2.24. The SMILES string of the molecule is CC(=O)N1CCN(Cc2ccn[nH]2)C[C@H](Cc2ccc3ncccc3c2)C1. The van der Waals surface area contributed by atoms with Gasteiger partial charge in [-0.3, -0.25) is 19.8 Å². The summed E-state index contributed by atoms with van der Waals surface area (Å²) in [6.07, 6.45) is 4.56. The molecule has 6 heteroatoms. The van der Waals surface area contributed by atoms with E-state index in [0.717, 1.165) is 50.4 Å². The van der Waals surface area contributed by atoms with Crippen LogP contribution in [0, 0.1) is 5.92 Å². The highest BCUT2D eigenvalue weighted by Crippen LogP contribution is 2.20. The Morgan fingerprint density at radius 1 is 1.19 bits per heavy atom. The lowest BCUT2D eigenvalue weighted by Gasteiger charge is -2.24. The van der Waals surface area contributed by atoms with Crippen LogP contribution in [0.1, 0.15) is 18.2 Å². The lowest BCUT2D eigenvalue weighted by Crippen LogP contribution is -2.34. The lowest BCUT2D eigenvalue weighted by atomic mass is 9.97. The first-order valence-electron chi connectivity index (χ1n) is 9.47. The van der Waals surface area contributed by atoms with Crippen molar-refractivity contribution in [2.75, 3.05) is 26.2 Å². The number of pyridine rings is 1. The van der Waals surface area contributed by atoms with Gasteiger partial charge in [0.15, 0.2) is 0 Å². The Morgan fingerprint density at radius 2 is 2.11 bits per heavy atom. The van der Waals surface area contributed by atoms with Gasteiger partial charge in [-0.05, 0) is 42.2 Å². The van der Waals surface area contributed by atoms with E-state index in [1.165, 1.54) is 10.9 Å². The van der Waals surface area contributed by atoms with E-state index in [1.807, 2.05) is 23.2 Å². The Morgan fingerprint density at radius 3 is 2.93 bits per heavy atom. The predicted octanol–water partition coefficient (Wildman–Crippen LogP) is 2.48. The second-order valence-electron chi connectivity index (χ2n) is 7.38. The summed E-state index contributed by atoms with van der Waals surface area (Å²) < 4.78 is 0. The van der Waals surface area contributed by atoms with Crippen molar-refractivity contribution in [3.8, 4) is 0 Å². The third kappa shape index (κ3) is 4.34. The molecule has 1 saturated heterocycles. The molecule has 1 aromatic carbocycles. The van der Waals surface area contributed by atoms with Gasteiger partial charge >= 0.3 is 0 Å². The average molecular weight is 363 g/mol. The average Bonchev–Trinajstić information content (AvgIpc) is 3.09.